The number of unbranched alkanes of at least 4 members (excludes halogenated alkanes) is 1. The number of carbonyl (C=O) groups is 1. The maximum absolute atomic E-state index is 12.5. The van der Waals surface area contributed by atoms with Crippen molar-refractivity contribution in [2.45, 2.75) is 26.3 Å². The second kappa shape index (κ2) is 6.68. The van der Waals surface area contributed by atoms with Crippen LogP contribution in [0.25, 0.3) is 10.8 Å². The van der Waals surface area contributed by atoms with Gasteiger partial charge in [-0.2, -0.15) is 4.99 Å². The molecule has 0 unspecified atom stereocenters. The van der Waals surface area contributed by atoms with Crippen molar-refractivity contribution in [2.24, 2.45) is 15.0 Å². The summed E-state index contributed by atoms with van der Waals surface area (Å²) in [7, 11) is 0. The molecule has 1 amide bonds. The third-order valence-electron chi connectivity index (χ3n) is 4.52. The van der Waals surface area contributed by atoms with E-state index >= 15 is 0 Å². The molecule has 2 N–H and O–H groups in total. The van der Waals surface area contributed by atoms with Crippen LogP contribution in [0.1, 0.15) is 30.1 Å². The number of rotatable bonds is 4. The Balaban J connectivity index is 1.70. The fraction of sp³-hybridized carbons (Fsp3) is 0.200. The molecule has 2 heterocycles. The molecule has 4 rings (SSSR count). The summed E-state index contributed by atoms with van der Waals surface area (Å²) in [4.78, 5) is 24.9. The highest BCUT2D eigenvalue weighted by Crippen LogP contribution is 2.37. The second-order valence-corrected chi connectivity index (χ2v) is 6.34. The topological polar surface area (TPSA) is 99.5 Å². The Morgan fingerprint density at radius 3 is 2.37 bits per heavy atom. The molecular formula is C20H18N4O3. The summed E-state index contributed by atoms with van der Waals surface area (Å²) in [6.45, 7) is 2.54. The van der Waals surface area contributed by atoms with Gasteiger partial charge in [-0.05, 0) is 36.8 Å². The van der Waals surface area contributed by atoms with E-state index in [-0.39, 0.29) is 17.7 Å². The van der Waals surface area contributed by atoms with Crippen LogP contribution < -0.4 is 10.7 Å². The summed E-state index contributed by atoms with van der Waals surface area (Å²) in [5, 5.41) is 23.0. The number of guanidine groups is 1. The van der Waals surface area contributed by atoms with Gasteiger partial charge in [-0.1, -0.05) is 25.5 Å². The highest BCUT2D eigenvalue weighted by molar-refractivity contribution is 6.06. The number of aromatic hydroxyl groups is 2. The predicted octanol–water partition coefficient (Wildman–Crippen LogP) is 2.30. The number of para-hydroxylation sites is 2. The Hall–Kier alpha value is -3.48. The molecule has 0 aliphatic carbocycles. The van der Waals surface area contributed by atoms with Crippen molar-refractivity contribution in [1.29, 1.82) is 0 Å². The lowest BCUT2D eigenvalue weighted by molar-refractivity contribution is 0.100. The minimum absolute atomic E-state index is 0.00231. The van der Waals surface area contributed by atoms with E-state index in [0.717, 1.165) is 12.8 Å². The van der Waals surface area contributed by atoms with Crippen molar-refractivity contribution >= 4 is 22.6 Å². The minimum Gasteiger partial charge on any atom is -0.494 e. The van der Waals surface area contributed by atoms with Crippen LogP contribution in [0.15, 0.2) is 57.4 Å². The molecule has 1 aliphatic heterocycles. The number of fused-ring (bicyclic) bond motifs is 2. The number of aromatic nitrogens is 1. The zero-order chi connectivity index (χ0) is 19.0. The number of nitrogens with zero attached hydrogens (tertiary/aromatic N) is 4. The van der Waals surface area contributed by atoms with E-state index in [2.05, 4.69) is 15.0 Å². The molecule has 1 aromatic heterocycles. The molecule has 7 heteroatoms. The summed E-state index contributed by atoms with van der Waals surface area (Å²) in [5.74, 6) is -0.459. The maximum Gasteiger partial charge on any atom is 0.280 e. The Labute approximate surface area is 154 Å². The van der Waals surface area contributed by atoms with E-state index < -0.39 is 5.91 Å². The number of hydrogen-bond donors (Lipinski definition) is 2. The fourth-order valence-electron chi connectivity index (χ4n) is 3.08. The van der Waals surface area contributed by atoms with Crippen LogP contribution in [0.5, 0.6) is 11.8 Å². The smallest absolute Gasteiger partial charge is 0.280 e. The molecule has 27 heavy (non-hydrogen) atoms. The van der Waals surface area contributed by atoms with E-state index in [9.17, 15) is 15.0 Å². The maximum atomic E-state index is 12.5. The van der Waals surface area contributed by atoms with Crippen molar-refractivity contribution in [3.63, 3.8) is 0 Å². The van der Waals surface area contributed by atoms with E-state index in [0.29, 0.717) is 33.6 Å². The van der Waals surface area contributed by atoms with Gasteiger partial charge >= 0.3 is 0 Å². The summed E-state index contributed by atoms with van der Waals surface area (Å²) < 4.78 is 1.45. The number of amides is 1. The van der Waals surface area contributed by atoms with Crippen molar-refractivity contribution in [3.8, 4) is 11.8 Å². The van der Waals surface area contributed by atoms with Gasteiger partial charge in [0.15, 0.2) is 0 Å². The molecule has 2 aromatic carbocycles. The van der Waals surface area contributed by atoms with E-state index in [4.69, 9.17) is 0 Å². The normalized spacial score (nSPS) is 12.6. The van der Waals surface area contributed by atoms with Gasteiger partial charge in [0.25, 0.3) is 11.9 Å². The van der Waals surface area contributed by atoms with Gasteiger partial charge in [0.05, 0.1) is 10.7 Å². The average Bonchev–Trinajstić information content (AvgIpc) is 3.19. The van der Waals surface area contributed by atoms with Crippen molar-refractivity contribution in [1.82, 2.24) is 4.57 Å². The molecule has 136 valence electrons. The van der Waals surface area contributed by atoms with Crippen LogP contribution in [-0.2, 0) is 6.54 Å². The van der Waals surface area contributed by atoms with Gasteiger partial charge in [0, 0.05) is 22.9 Å². The predicted molar refractivity (Wildman–Crippen MR) is 101 cm³/mol. The quantitative estimate of drug-likeness (QED) is 0.745. The largest absolute Gasteiger partial charge is 0.494 e. The summed E-state index contributed by atoms with van der Waals surface area (Å²) in [6.07, 6.45) is 1.76. The van der Waals surface area contributed by atoms with Gasteiger partial charge in [-0.3, -0.25) is 9.36 Å². The van der Waals surface area contributed by atoms with Gasteiger partial charge in [-0.15, -0.1) is 0 Å². The average molecular weight is 362 g/mol. The highest BCUT2D eigenvalue weighted by Gasteiger charge is 2.18. The SMILES string of the molecule is CCCCn1c(O)c2ccc(C(=O)N=C3N=c4ccccc4=N3)cc2c1O. The summed E-state index contributed by atoms with van der Waals surface area (Å²) in [6, 6.07) is 12.0. The van der Waals surface area contributed by atoms with Crippen molar-refractivity contribution < 1.29 is 15.0 Å². The third-order valence-corrected chi connectivity index (χ3v) is 4.52. The molecule has 7 nitrogen and oxygen atoms in total. The highest BCUT2D eigenvalue weighted by atomic mass is 16.3. The van der Waals surface area contributed by atoms with Gasteiger partial charge in [-0.25, -0.2) is 9.98 Å². The minimum atomic E-state index is -0.507. The molecule has 0 radical (unpaired) electrons. The zero-order valence-corrected chi connectivity index (χ0v) is 14.8. The second-order valence-electron chi connectivity index (χ2n) is 6.34. The van der Waals surface area contributed by atoms with Crippen LogP contribution in [-0.4, -0.2) is 26.6 Å². The molecule has 3 aromatic rings. The number of carbonyl (C=O) groups excluding carboxylic acids is 1. The monoisotopic (exact) mass is 362 g/mol. The summed E-state index contributed by atoms with van der Waals surface area (Å²) in [5.41, 5.74) is 0.291. The van der Waals surface area contributed by atoms with Crippen LogP contribution in [0.3, 0.4) is 0 Å². The van der Waals surface area contributed by atoms with Crippen LogP contribution in [0.4, 0.5) is 0 Å². The van der Waals surface area contributed by atoms with Crippen LogP contribution in [0.2, 0.25) is 0 Å². The van der Waals surface area contributed by atoms with Crippen LogP contribution in [0, 0.1) is 0 Å². The number of aliphatic imine (C=N–C) groups is 1. The molecule has 0 saturated carbocycles. The van der Waals surface area contributed by atoms with Crippen molar-refractivity contribution in [2.75, 3.05) is 0 Å². The van der Waals surface area contributed by atoms with Gasteiger partial charge in [0.2, 0.25) is 11.8 Å². The summed E-state index contributed by atoms with van der Waals surface area (Å²) >= 11 is 0. The molecule has 0 spiro atoms. The molecule has 0 fully saturated rings. The van der Waals surface area contributed by atoms with E-state index in [1.807, 2.05) is 19.1 Å². The first-order valence-corrected chi connectivity index (χ1v) is 8.78. The van der Waals surface area contributed by atoms with Crippen LogP contribution >= 0.6 is 0 Å². The Morgan fingerprint density at radius 2 is 1.70 bits per heavy atom. The Kier molecular flexibility index (Phi) is 4.19. The van der Waals surface area contributed by atoms with Gasteiger partial charge in [0.1, 0.15) is 0 Å². The fourth-order valence-corrected chi connectivity index (χ4v) is 3.08. The first-order valence-electron chi connectivity index (χ1n) is 8.78. The molecule has 1 aliphatic rings. The van der Waals surface area contributed by atoms with Gasteiger partial charge < -0.3 is 10.2 Å². The lowest BCUT2D eigenvalue weighted by atomic mass is 10.1. The number of hydrogen-bond acceptors (Lipinski definition) is 3. The molecule has 0 bridgehead atoms. The first kappa shape index (κ1) is 17.0. The number of benzene rings is 2. The zero-order valence-electron chi connectivity index (χ0n) is 14.8. The Bertz CT molecular complexity index is 1170. The first-order chi connectivity index (χ1) is 13.1. The molecule has 0 saturated heterocycles. The van der Waals surface area contributed by atoms with Crippen molar-refractivity contribution in [3.05, 3.63) is 58.7 Å². The van der Waals surface area contributed by atoms with E-state index in [1.54, 1.807) is 24.3 Å². The lowest BCUT2D eigenvalue weighted by Gasteiger charge is -2.04. The lowest BCUT2D eigenvalue weighted by Crippen LogP contribution is -2.19. The Morgan fingerprint density at radius 1 is 1.04 bits per heavy atom. The third kappa shape index (κ3) is 2.97. The molecular weight excluding hydrogens is 344 g/mol. The molecule has 0 atom stereocenters. The standard InChI is InChI=1S/C20H18N4O3/c1-2-3-10-24-18(26)13-9-8-12(11-14(13)19(24)27)17(25)23-20-21-15-6-4-5-7-16(15)22-20/h4-9,11,26-27H,2-3,10H2,1H3. The van der Waals surface area contributed by atoms with E-state index in [1.165, 1.54) is 10.6 Å².